The maximum absolute atomic E-state index is 13.1. The molecule has 1 N–H and O–H groups in total. The van der Waals surface area contributed by atoms with Gasteiger partial charge in [0.05, 0.1) is 0 Å². The lowest BCUT2D eigenvalue weighted by Gasteiger charge is -2.36. The van der Waals surface area contributed by atoms with Gasteiger partial charge in [0.1, 0.15) is 11.6 Å². The highest BCUT2D eigenvalue weighted by atomic mass is 19.1. The molecule has 3 rings (SSSR count). The van der Waals surface area contributed by atoms with Crippen LogP contribution in [0.4, 0.5) is 15.9 Å². The maximum atomic E-state index is 13.1. The van der Waals surface area contributed by atoms with E-state index in [4.69, 9.17) is 0 Å². The van der Waals surface area contributed by atoms with Gasteiger partial charge in [-0.15, -0.1) is 0 Å². The van der Waals surface area contributed by atoms with E-state index >= 15 is 0 Å². The fourth-order valence-corrected chi connectivity index (χ4v) is 2.97. The molecule has 0 unspecified atom stereocenters. The van der Waals surface area contributed by atoms with Crippen molar-refractivity contribution >= 4 is 17.4 Å². The molecule has 1 amide bonds. The Labute approximate surface area is 153 Å². The Morgan fingerprint density at radius 2 is 1.85 bits per heavy atom. The van der Waals surface area contributed by atoms with Gasteiger partial charge in [-0.3, -0.25) is 4.79 Å². The fourth-order valence-electron chi connectivity index (χ4n) is 2.97. The Hall–Kier alpha value is -2.63. The number of carbonyl (C=O) groups excluding carboxylic acids is 1. The van der Waals surface area contributed by atoms with Crippen LogP contribution >= 0.6 is 0 Å². The number of rotatable bonds is 5. The lowest BCUT2D eigenvalue weighted by Crippen LogP contribution is -2.48. The normalized spacial score (nSPS) is 14.6. The van der Waals surface area contributed by atoms with E-state index in [9.17, 15) is 9.18 Å². The van der Waals surface area contributed by atoms with Gasteiger partial charge in [-0.2, -0.15) is 0 Å². The van der Waals surface area contributed by atoms with Gasteiger partial charge in [-0.05, 0) is 42.3 Å². The highest BCUT2D eigenvalue weighted by Gasteiger charge is 2.22. The number of piperazine rings is 1. The summed E-state index contributed by atoms with van der Waals surface area (Å²) in [5.74, 6) is 1.03. The zero-order valence-corrected chi connectivity index (χ0v) is 15.3. The first kappa shape index (κ1) is 18.2. The van der Waals surface area contributed by atoms with Crippen LogP contribution in [-0.2, 0) is 0 Å². The van der Waals surface area contributed by atoms with E-state index < -0.39 is 0 Å². The lowest BCUT2D eigenvalue weighted by molar-refractivity contribution is 0.0746. The Balaban J connectivity index is 1.59. The molecule has 1 aliphatic heterocycles. The zero-order chi connectivity index (χ0) is 18.5. The zero-order valence-electron chi connectivity index (χ0n) is 15.3. The number of halogens is 1. The molecule has 1 fully saturated rings. The van der Waals surface area contributed by atoms with Crippen LogP contribution in [0.15, 0.2) is 42.6 Å². The highest BCUT2D eigenvalue weighted by molar-refractivity contribution is 5.95. The quantitative estimate of drug-likeness (QED) is 0.893. The first-order valence-electron chi connectivity index (χ1n) is 9.02. The first-order chi connectivity index (χ1) is 12.5. The molecule has 0 bridgehead atoms. The summed E-state index contributed by atoms with van der Waals surface area (Å²) in [5.41, 5.74) is 1.64. The van der Waals surface area contributed by atoms with Gasteiger partial charge in [-0.1, -0.05) is 13.8 Å². The van der Waals surface area contributed by atoms with Crippen LogP contribution in [0.5, 0.6) is 0 Å². The molecular formula is C20H25FN4O. The molecular weight excluding hydrogens is 331 g/mol. The second-order valence-electron chi connectivity index (χ2n) is 6.96. The summed E-state index contributed by atoms with van der Waals surface area (Å²) in [6.07, 6.45) is 1.67. The summed E-state index contributed by atoms with van der Waals surface area (Å²) < 4.78 is 13.1. The minimum atomic E-state index is -0.234. The average molecular weight is 356 g/mol. The number of aromatic nitrogens is 1. The van der Waals surface area contributed by atoms with Crippen molar-refractivity contribution in [3.8, 4) is 0 Å². The number of nitrogens with zero attached hydrogens (tertiary/aromatic N) is 3. The van der Waals surface area contributed by atoms with Crippen LogP contribution < -0.4 is 10.2 Å². The van der Waals surface area contributed by atoms with E-state index in [0.29, 0.717) is 24.6 Å². The lowest BCUT2D eigenvalue weighted by atomic mass is 10.2. The molecule has 6 heteroatoms. The topological polar surface area (TPSA) is 48.5 Å². The van der Waals surface area contributed by atoms with Crippen molar-refractivity contribution in [2.45, 2.75) is 13.8 Å². The molecule has 0 spiro atoms. The molecule has 1 saturated heterocycles. The standard InChI is InChI=1S/C20H25FN4O/c1-15(2)14-23-19-13-16(7-8-22-19)20(26)25-11-9-24(10-12-25)18-5-3-17(21)4-6-18/h3-8,13,15H,9-12,14H2,1-2H3,(H,22,23). The molecule has 2 aromatic rings. The van der Waals surface area contributed by atoms with Crippen LogP contribution in [-0.4, -0.2) is 48.5 Å². The number of anilines is 2. The van der Waals surface area contributed by atoms with Gasteiger partial charge in [-0.25, -0.2) is 9.37 Å². The smallest absolute Gasteiger partial charge is 0.254 e. The Morgan fingerprint density at radius 3 is 2.50 bits per heavy atom. The summed E-state index contributed by atoms with van der Waals surface area (Å²) in [4.78, 5) is 21.1. The van der Waals surface area contributed by atoms with Gasteiger partial charge in [0.15, 0.2) is 0 Å². The minimum absolute atomic E-state index is 0.0266. The second kappa shape index (κ2) is 8.17. The third kappa shape index (κ3) is 4.50. The molecule has 0 aliphatic carbocycles. The molecule has 0 saturated carbocycles. The van der Waals surface area contributed by atoms with Crippen molar-refractivity contribution in [2.24, 2.45) is 5.92 Å². The summed E-state index contributed by atoms with van der Waals surface area (Å²) in [5, 5.41) is 3.25. The van der Waals surface area contributed by atoms with Crippen molar-refractivity contribution in [1.29, 1.82) is 0 Å². The van der Waals surface area contributed by atoms with Gasteiger partial charge >= 0.3 is 0 Å². The molecule has 1 aliphatic rings. The van der Waals surface area contributed by atoms with Crippen molar-refractivity contribution in [3.05, 3.63) is 54.0 Å². The third-order valence-electron chi connectivity index (χ3n) is 4.46. The van der Waals surface area contributed by atoms with Crippen molar-refractivity contribution in [1.82, 2.24) is 9.88 Å². The van der Waals surface area contributed by atoms with Crippen LogP contribution in [0, 0.1) is 11.7 Å². The SMILES string of the molecule is CC(C)CNc1cc(C(=O)N2CCN(c3ccc(F)cc3)CC2)ccn1. The van der Waals surface area contributed by atoms with Crippen LogP contribution in [0.3, 0.4) is 0 Å². The largest absolute Gasteiger partial charge is 0.370 e. The molecule has 0 radical (unpaired) electrons. The van der Waals surface area contributed by atoms with Crippen LogP contribution in [0.25, 0.3) is 0 Å². The van der Waals surface area contributed by atoms with Gasteiger partial charge < -0.3 is 15.1 Å². The van der Waals surface area contributed by atoms with E-state index in [-0.39, 0.29) is 11.7 Å². The summed E-state index contributed by atoms with van der Waals surface area (Å²) in [6, 6.07) is 10.1. The predicted octanol–water partition coefficient (Wildman–Crippen LogP) is 3.25. The van der Waals surface area contributed by atoms with Crippen LogP contribution in [0.1, 0.15) is 24.2 Å². The van der Waals surface area contributed by atoms with Gasteiger partial charge in [0.25, 0.3) is 5.91 Å². The highest BCUT2D eigenvalue weighted by Crippen LogP contribution is 2.18. The molecule has 2 heterocycles. The summed E-state index contributed by atoms with van der Waals surface area (Å²) in [7, 11) is 0. The number of hydrogen-bond donors (Lipinski definition) is 1. The predicted molar refractivity (Wildman–Crippen MR) is 102 cm³/mol. The number of benzene rings is 1. The summed E-state index contributed by atoms with van der Waals surface area (Å²) >= 11 is 0. The van der Waals surface area contributed by atoms with E-state index in [1.165, 1.54) is 12.1 Å². The number of carbonyl (C=O) groups is 1. The fraction of sp³-hybridized carbons (Fsp3) is 0.400. The Kier molecular flexibility index (Phi) is 5.71. The number of nitrogens with one attached hydrogen (secondary N) is 1. The van der Waals surface area contributed by atoms with E-state index in [1.54, 1.807) is 24.4 Å². The van der Waals surface area contributed by atoms with Gasteiger partial charge in [0, 0.05) is 50.2 Å². The number of hydrogen-bond acceptors (Lipinski definition) is 4. The number of pyridine rings is 1. The first-order valence-corrected chi connectivity index (χ1v) is 9.02. The van der Waals surface area contributed by atoms with E-state index in [0.717, 1.165) is 31.1 Å². The Morgan fingerprint density at radius 1 is 1.15 bits per heavy atom. The minimum Gasteiger partial charge on any atom is -0.370 e. The molecule has 5 nitrogen and oxygen atoms in total. The molecule has 138 valence electrons. The van der Waals surface area contributed by atoms with Crippen molar-refractivity contribution < 1.29 is 9.18 Å². The maximum Gasteiger partial charge on any atom is 0.254 e. The molecule has 1 aromatic heterocycles. The molecule has 0 atom stereocenters. The summed E-state index contributed by atoms with van der Waals surface area (Å²) in [6.45, 7) is 7.84. The number of amides is 1. The third-order valence-corrected chi connectivity index (χ3v) is 4.46. The Bertz CT molecular complexity index is 740. The monoisotopic (exact) mass is 356 g/mol. The van der Waals surface area contributed by atoms with Crippen molar-refractivity contribution in [2.75, 3.05) is 42.9 Å². The van der Waals surface area contributed by atoms with Crippen LogP contribution in [0.2, 0.25) is 0 Å². The average Bonchev–Trinajstić information content (AvgIpc) is 2.67. The molecule has 26 heavy (non-hydrogen) atoms. The van der Waals surface area contributed by atoms with E-state index in [2.05, 4.69) is 29.0 Å². The van der Waals surface area contributed by atoms with Gasteiger partial charge in [0.2, 0.25) is 0 Å². The van der Waals surface area contributed by atoms with Crippen molar-refractivity contribution in [3.63, 3.8) is 0 Å². The van der Waals surface area contributed by atoms with E-state index in [1.807, 2.05) is 11.0 Å². The molecule has 1 aromatic carbocycles. The second-order valence-corrected chi connectivity index (χ2v) is 6.96.